The molecule has 2 heterocycles. The molecule has 1 aliphatic carbocycles. The van der Waals surface area contributed by atoms with E-state index in [2.05, 4.69) is 55.5 Å². The van der Waals surface area contributed by atoms with E-state index in [1.54, 1.807) is 0 Å². The van der Waals surface area contributed by atoms with Crippen LogP contribution in [0.4, 0.5) is 28.7 Å². The van der Waals surface area contributed by atoms with Gasteiger partial charge in [0.05, 0.1) is 38.8 Å². The standard InChI is InChI=1S/C28H13N5OS2/c35-14-29-27-28(30-15-36)32-26-18-12-13-19(16-6-5-7-17(24(16)18)25(26)31-27)33-20-8-1-3-10-22(20)34-23-11-4-2-9-21(23)33/h1-13H. The monoisotopic (exact) mass is 499 g/mol. The third-order valence-electron chi connectivity index (χ3n) is 6.36. The van der Waals surface area contributed by atoms with E-state index in [9.17, 15) is 0 Å². The number of isothiocyanates is 2. The highest BCUT2D eigenvalue weighted by atomic mass is 32.1. The molecule has 0 spiro atoms. The highest BCUT2D eigenvalue weighted by molar-refractivity contribution is 7.78. The van der Waals surface area contributed by atoms with Crippen molar-refractivity contribution in [1.29, 1.82) is 0 Å². The molecule has 0 fully saturated rings. The van der Waals surface area contributed by atoms with Crippen molar-refractivity contribution in [3.05, 3.63) is 78.9 Å². The van der Waals surface area contributed by atoms with Crippen LogP contribution in [0.2, 0.25) is 0 Å². The van der Waals surface area contributed by atoms with Crippen LogP contribution in [0.15, 0.2) is 88.8 Å². The Balaban J connectivity index is 1.52. The van der Waals surface area contributed by atoms with Crippen molar-refractivity contribution in [2.45, 2.75) is 0 Å². The van der Waals surface area contributed by atoms with Gasteiger partial charge in [0.2, 0.25) is 11.6 Å². The number of thiocarbonyl (C=S) groups is 2. The number of aliphatic imine (C=N–C) groups is 2. The van der Waals surface area contributed by atoms with Gasteiger partial charge in [-0.25, -0.2) is 9.97 Å². The van der Waals surface area contributed by atoms with Gasteiger partial charge in [-0.05, 0) is 60.8 Å². The molecule has 4 aromatic carbocycles. The highest BCUT2D eigenvalue weighted by Crippen LogP contribution is 2.54. The van der Waals surface area contributed by atoms with Crippen molar-refractivity contribution in [2.24, 2.45) is 9.98 Å². The molecule has 6 nitrogen and oxygen atoms in total. The fourth-order valence-corrected chi connectivity index (χ4v) is 5.15. The summed E-state index contributed by atoms with van der Waals surface area (Å²) in [6.45, 7) is 0. The number of hydrogen-bond acceptors (Lipinski definition) is 8. The van der Waals surface area contributed by atoms with E-state index < -0.39 is 0 Å². The first kappa shape index (κ1) is 20.8. The van der Waals surface area contributed by atoms with Crippen molar-refractivity contribution < 1.29 is 4.74 Å². The molecule has 0 N–H and O–H groups in total. The number of ether oxygens (including phenoxy) is 1. The second-order valence-corrected chi connectivity index (χ2v) is 8.57. The lowest BCUT2D eigenvalue weighted by Gasteiger charge is -2.33. The largest absolute Gasteiger partial charge is 0.453 e. The first-order chi connectivity index (χ1) is 17.8. The van der Waals surface area contributed by atoms with Gasteiger partial charge in [-0.1, -0.05) is 42.5 Å². The normalized spacial score (nSPS) is 12.1. The number of para-hydroxylation sites is 4. The zero-order valence-electron chi connectivity index (χ0n) is 18.5. The minimum absolute atomic E-state index is 0.266. The van der Waals surface area contributed by atoms with Gasteiger partial charge in [0.25, 0.3) is 0 Å². The van der Waals surface area contributed by atoms with Crippen LogP contribution in [-0.4, -0.2) is 20.3 Å². The molecule has 36 heavy (non-hydrogen) atoms. The fourth-order valence-electron chi connectivity index (χ4n) is 4.97. The number of fused-ring (bicyclic) bond motifs is 5. The van der Waals surface area contributed by atoms with Crippen LogP contribution in [-0.2, 0) is 0 Å². The molecule has 0 bridgehead atoms. The Kier molecular flexibility index (Phi) is 4.61. The molecule has 0 unspecified atom stereocenters. The second kappa shape index (κ2) is 7.99. The Bertz CT molecular complexity index is 1760. The Hall–Kier alpha value is -4.58. The highest BCUT2D eigenvalue weighted by Gasteiger charge is 2.31. The molecule has 8 heteroatoms. The fraction of sp³-hybridized carbons (Fsp3) is 0. The molecule has 1 aliphatic heterocycles. The van der Waals surface area contributed by atoms with E-state index in [0.717, 1.165) is 61.8 Å². The summed E-state index contributed by atoms with van der Waals surface area (Å²) >= 11 is 9.61. The molecule has 0 saturated heterocycles. The first-order valence-electron chi connectivity index (χ1n) is 11.1. The van der Waals surface area contributed by atoms with Crippen molar-refractivity contribution >= 4 is 74.2 Å². The SMILES string of the molecule is S=C=Nc1nc2c(nc1N=C=S)-c1ccc(N3c4ccccc4Oc4ccccc43)c3cccc-2c13. The van der Waals surface area contributed by atoms with Crippen LogP contribution in [0, 0.1) is 0 Å². The average Bonchev–Trinajstić information content (AvgIpc) is 3.22. The molecule has 168 valence electrons. The van der Waals surface area contributed by atoms with E-state index >= 15 is 0 Å². The number of nitrogens with zero attached hydrogens (tertiary/aromatic N) is 5. The van der Waals surface area contributed by atoms with Crippen molar-refractivity contribution in [1.82, 2.24) is 9.97 Å². The quantitative estimate of drug-likeness (QED) is 0.180. The van der Waals surface area contributed by atoms with Crippen LogP contribution in [0.3, 0.4) is 0 Å². The molecule has 2 aliphatic rings. The summed E-state index contributed by atoms with van der Waals surface area (Å²) in [6, 6.07) is 26.5. The Morgan fingerprint density at radius 1 is 0.639 bits per heavy atom. The maximum atomic E-state index is 6.21. The van der Waals surface area contributed by atoms with Crippen LogP contribution in [0.25, 0.3) is 33.3 Å². The maximum absolute atomic E-state index is 6.21. The van der Waals surface area contributed by atoms with Gasteiger partial charge in [-0.2, -0.15) is 9.98 Å². The molecule has 0 amide bonds. The summed E-state index contributed by atoms with van der Waals surface area (Å²) in [5, 5.41) is 6.84. The zero-order valence-corrected chi connectivity index (χ0v) is 20.1. The van der Waals surface area contributed by atoms with E-state index in [1.807, 2.05) is 48.5 Å². The molecule has 0 radical (unpaired) electrons. The Morgan fingerprint density at radius 3 is 1.83 bits per heavy atom. The van der Waals surface area contributed by atoms with Crippen molar-refractivity contribution in [3.8, 4) is 34.0 Å². The van der Waals surface area contributed by atoms with Crippen LogP contribution < -0.4 is 9.64 Å². The average molecular weight is 500 g/mol. The summed E-state index contributed by atoms with van der Waals surface area (Å²) in [5.41, 5.74) is 6.37. The first-order valence-corrected chi connectivity index (χ1v) is 11.9. The van der Waals surface area contributed by atoms with Crippen LogP contribution >= 0.6 is 24.4 Å². The van der Waals surface area contributed by atoms with E-state index in [0.29, 0.717) is 0 Å². The minimum atomic E-state index is 0.266. The van der Waals surface area contributed by atoms with Crippen LogP contribution in [0.1, 0.15) is 0 Å². The van der Waals surface area contributed by atoms with E-state index in [4.69, 9.17) is 39.1 Å². The van der Waals surface area contributed by atoms with Gasteiger partial charge in [-0.15, -0.1) is 0 Å². The number of hydrogen-bond donors (Lipinski definition) is 0. The van der Waals surface area contributed by atoms with Gasteiger partial charge in [0, 0.05) is 21.9 Å². The van der Waals surface area contributed by atoms with Crippen molar-refractivity contribution in [3.63, 3.8) is 0 Å². The topological polar surface area (TPSA) is 63.0 Å². The molecule has 1 aromatic heterocycles. The number of anilines is 3. The molecular weight excluding hydrogens is 486 g/mol. The zero-order chi connectivity index (χ0) is 24.2. The molecular formula is C28H13N5OS2. The summed E-state index contributed by atoms with van der Waals surface area (Å²) in [6.07, 6.45) is 0. The smallest absolute Gasteiger partial charge is 0.209 e. The van der Waals surface area contributed by atoms with Crippen molar-refractivity contribution in [2.75, 3.05) is 4.90 Å². The lowest BCUT2D eigenvalue weighted by atomic mass is 10.0. The molecule has 0 atom stereocenters. The number of aromatic nitrogens is 2. The summed E-state index contributed by atoms with van der Waals surface area (Å²) < 4.78 is 6.21. The Labute approximate surface area is 216 Å². The molecule has 7 rings (SSSR count). The predicted octanol–water partition coefficient (Wildman–Crippen LogP) is 8.32. The minimum Gasteiger partial charge on any atom is -0.453 e. The third-order valence-corrected chi connectivity index (χ3v) is 6.55. The Morgan fingerprint density at radius 2 is 1.22 bits per heavy atom. The summed E-state index contributed by atoms with van der Waals surface area (Å²) in [5.74, 6) is 2.14. The van der Waals surface area contributed by atoms with Crippen LogP contribution in [0.5, 0.6) is 11.5 Å². The third kappa shape index (κ3) is 2.91. The number of benzene rings is 4. The predicted molar refractivity (Wildman–Crippen MR) is 148 cm³/mol. The molecule has 0 saturated carbocycles. The molecule has 5 aromatic rings. The van der Waals surface area contributed by atoms with Gasteiger partial charge < -0.3 is 9.64 Å². The van der Waals surface area contributed by atoms with Gasteiger partial charge in [-0.3, -0.25) is 0 Å². The summed E-state index contributed by atoms with van der Waals surface area (Å²) in [7, 11) is 0. The van der Waals surface area contributed by atoms with Gasteiger partial charge >= 0.3 is 0 Å². The second-order valence-electron chi connectivity index (χ2n) is 8.21. The van der Waals surface area contributed by atoms with E-state index in [-0.39, 0.29) is 11.6 Å². The lowest BCUT2D eigenvalue weighted by molar-refractivity contribution is 0.477. The van der Waals surface area contributed by atoms with Gasteiger partial charge in [0.15, 0.2) is 11.5 Å². The van der Waals surface area contributed by atoms with Gasteiger partial charge in [0.1, 0.15) is 0 Å². The lowest BCUT2D eigenvalue weighted by Crippen LogP contribution is -2.16. The maximum Gasteiger partial charge on any atom is 0.209 e. The summed E-state index contributed by atoms with van der Waals surface area (Å²) in [4.78, 5) is 19.8. The van der Waals surface area contributed by atoms with E-state index in [1.165, 1.54) is 0 Å². The number of rotatable bonds is 3.